The molecule has 1 rings (SSSR count). The molecule has 0 saturated carbocycles. The second kappa shape index (κ2) is 3.86. The quantitative estimate of drug-likeness (QED) is 0.533. The van der Waals surface area contributed by atoms with E-state index in [1.54, 1.807) is 0 Å². The van der Waals surface area contributed by atoms with Crippen molar-refractivity contribution in [3.63, 3.8) is 0 Å². The average molecular weight is 230 g/mol. The highest BCUT2D eigenvalue weighted by molar-refractivity contribution is 6.74. The first-order chi connectivity index (χ1) is 6.61. The number of ether oxygens (including phenoxy) is 1. The van der Waals surface area contributed by atoms with Crippen molar-refractivity contribution < 1.29 is 9.16 Å². The van der Waals surface area contributed by atoms with E-state index in [4.69, 9.17) is 9.16 Å². The van der Waals surface area contributed by atoms with Crippen molar-refractivity contribution in [1.82, 2.24) is 0 Å². The van der Waals surface area contributed by atoms with Crippen LogP contribution in [0.5, 0.6) is 0 Å². The molecular formula is C12H26O2Si. The fraction of sp³-hybridized carbons (Fsp3) is 1.00. The van der Waals surface area contributed by atoms with Crippen LogP contribution < -0.4 is 0 Å². The maximum Gasteiger partial charge on any atom is 0.192 e. The zero-order valence-corrected chi connectivity index (χ0v) is 12.3. The Hall–Kier alpha value is 0.137. The molecule has 0 spiro atoms. The first-order valence-corrected chi connectivity index (χ1v) is 8.79. The Morgan fingerprint density at radius 2 is 1.87 bits per heavy atom. The second-order valence-electron chi connectivity index (χ2n) is 6.41. The molecule has 1 aliphatic rings. The average Bonchev–Trinajstić information content (AvgIpc) is 2.81. The molecule has 0 bridgehead atoms. The predicted molar refractivity (Wildman–Crippen MR) is 66.7 cm³/mol. The summed E-state index contributed by atoms with van der Waals surface area (Å²) in [6, 6.07) is 0. The summed E-state index contributed by atoms with van der Waals surface area (Å²) in [5.41, 5.74) is 0.0251. The van der Waals surface area contributed by atoms with Gasteiger partial charge in [-0.1, -0.05) is 27.7 Å². The lowest BCUT2D eigenvalue weighted by molar-refractivity contribution is 0.182. The maximum atomic E-state index is 6.20. The molecule has 15 heavy (non-hydrogen) atoms. The highest BCUT2D eigenvalue weighted by atomic mass is 28.4. The van der Waals surface area contributed by atoms with E-state index in [1.807, 2.05) is 0 Å². The molecule has 3 heteroatoms. The van der Waals surface area contributed by atoms with E-state index in [-0.39, 0.29) is 5.60 Å². The molecular weight excluding hydrogens is 204 g/mol. The SMILES string of the molecule is CC(C)C(C)(C)[Si](C)(C)OCC1(C)CO1. The smallest absolute Gasteiger partial charge is 0.192 e. The summed E-state index contributed by atoms with van der Waals surface area (Å²) >= 11 is 0. The number of rotatable bonds is 5. The second-order valence-corrected chi connectivity index (χ2v) is 11.0. The van der Waals surface area contributed by atoms with Gasteiger partial charge in [0.25, 0.3) is 0 Å². The summed E-state index contributed by atoms with van der Waals surface area (Å²) in [7, 11) is -1.64. The van der Waals surface area contributed by atoms with Gasteiger partial charge in [-0.2, -0.15) is 0 Å². The third-order valence-corrected chi connectivity index (χ3v) is 8.92. The Balaban J connectivity index is 2.56. The minimum atomic E-state index is -1.64. The molecule has 1 atom stereocenters. The van der Waals surface area contributed by atoms with Gasteiger partial charge in [0.1, 0.15) is 5.60 Å². The summed E-state index contributed by atoms with van der Waals surface area (Å²) in [5, 5.41) is 0.304. The van der Waals surface area contributed by atoms with Crippen LogP contribution in [0.2, 0.25) is 18.1 Å². The molecule has 1 heterocycles. The summed E-state index contributed by atoms with van der Waals surface area (Å²) in [5.74, 6) is 0.659. The molecule has 2 nitrogen and oxygen atoms in total. The van der Waals surface area contributed by atoms with Gasteiger partial charge in [-0.3, -0.25) is 0 Å². The Morgan fingerprint density at radius 3 is 2.20 bits per heavy atom. The van der Waals surface area contributed by atoms with Crippen LogP contribution in [-0.4, -0.2) is 27.1 Å². The third kappa shape index (κ3) is 2.83. The van der Waals surface area contributed by atoms with E-state index >= 15 is 0 Å². The summed E-state index contributed by atoms with van der Waals surface area (Å²) in [4.78, 5) is 0. The van der Waals surface area contributed by atoms with Crippen LogP contribution in [-0.2, 0) is 9.16 Å². The van der Waals surface area contributed by atoms with Crippen molar-refractivity contribution >= 4 is 8.32 Å². The Bertz CT molecular complexity index is 230. The van der Waals surface area contributed by atoms with Crippen LogP contribution >= 0.6 is 0 Å². The van der Waals surface area contributed by atoms with Crippen LogP contribution in [0, 0.1) is 5.92 Å². The Kier molecular flexibility index (Phi) is 3.40. The van der Waals surface area contributed by atoms with E-state index in [0.29, 0.717) is 11.0 Å². The van der Waals surface area contributed by atoms with Crippen molar-refractivity contribution in [1.29, 1.82) is 0 Å². The normalized spacial score (nSPS) is 27.2. The van der Waals surface area contributed by atoms with E-state index in [1.165, 1.54) is 0 Å². The summed E-state index contributed by atoms with van der Waals surface area (Å²) in [6.07, 6.45) is 0. The number of hydrogen-bond donors (Lipinski definition) is 0. The number of epoxide rings is 1. The molecule has 0 aliphatic carbocycles. The maximum absolute atomic E-state index is 6.20. The standard InChI is InChI=1S/C12H26O2Si/c1-10(2)11(3,4)15(6,7)14-9-12(5)8-13-12/h10H,8-9H2,1-7H3. The molecule has 0 aromatic rings. The lowest BCUT2D eigenvalue weighted by atomic mass is 9.99. The summed E-state index contributed by atoms with van der Waals surface area (Å²) < 4.78 is 11.6. The van der Waals surface area contributed by atoms with Gasteiger partial charge in [0.2, 0.25) is 0 Å². The van der Waals surface area contributed by atoms with Crippen molar-refractivity contribution in [2.75, 3.05) is 13.2 Å². The molecule has 1 aliphatic heterocycles. The zero-order chi connectivity index (χ0) is 11.9. The van der Waals surface area contributed by atoms with Gasteiger partial charge < -0.3 is 9.16 Å². The van der Waals surface area contributed by atoms with Crippen LogP contribution in [0.25, 0.3) is 0 Å². The molecule has 0 amide bonds. The topological polar surface area (TPSA) is 21.8 Å². The van der Waals surface area contributed by atoms with Crippen LogP contribution in [0.1, 0.15) is 34.6 Å². The first-order valence-electron chi connectivity index (χ1n) is 5.89. The Morgan fingerprint density at radius 1 is 1.40 bits per heavy atom. The van der Waals surface area contributed by atoms with Crippen molar-refractivity contribution in [2.45, 2.75) is 58.4 Å². The fourth-order valence-corrected chi connectivity index (χ4v) is 3.85. The van der Waals surface area contributed by atoms with E-state index in [9.17, 15) is 0 Å². The van der Waals surface area contributed by atoms with Gasteiger partial charge in [0, 0.05) is 0 Å². The monoisotopic (exact) mass is 230 g/mol. The third-order valence-electron chi connectivity index (χ3n) is 4.37. The number of hydrogen-bond acceptors (Lipinski definition) is 2. The van der Waals surface area contributed by atoms with E-state index < -0.39 is 8.32 Å². The van der Waals surface area contributed by atoms with Gasteiger partial charge in [0.15, 0.2) is 8.32 Å². The zero-order valence-electron chi connectivity index (χ0n) is 11.3. The van der Waals surface area contributed by atoms with E-state index in [0.717, 1.165) is 13.2 Å². The lowest BCUT2D eigenvalue weighted by Crippen LogP contribution is -2.46. The van der Waals surface area contributed by atoms with Gasteiger partial charge in [-0.15, -0.1) is 0 Å². The van der Waals surface area contributed by atoms with Crippen molar-refractivity contribution in [3.8, 4) is 0 Å². The van der Waals surface area contributed by atoms with Gasteiger partial charge in [-0.05, 0) is 31.0 Å². The molecule has 0 aromatic carbocycles. The largest absolute Gasteiger partial charge is 0.414 e. The lowest BCUT2D eigenvalue weighted by Gasteiger charge is -2.42. The minimum Gasteiger partial charge on any atom is -0.414 e. The highest BCUT2D eigenvalue weighted by Crippen LogP contribution is 2.45. The van der Waals surface area contributed by atoms with Gasteiger partial charge >= 0.3 is 0 Å². The van der Waals surface area contributed by atoms with Gasteiger partial charge in [-0.25, -0.2) is 0 Å². The predicted octanol–water partition coefficient (Wildman–Crippen LogP) is 3.43. The van der Waals surface area contributed by atoms with Crippen molar-refractivity contribution in [2.24, 2.45) is 5.92 Å². The van der Waals surface area contributed by atoms with Crippen molar-refractivity contribution in [3.05, 3.63) is 0 Å². The molecule has 0 aromatic heterocycles. The van der Waals surface area contributed by atoms with Crippen LogP contribution in [0.3, 0.4) is 0 Å². The molecule has 0 N–H and O–H groups in total. The summed E-state index contributed by atoms with van der Waals surface area (Å²) in [6.45, 7) is 17.6. The minimum absolute atomic E-state index is 0.0251. The first kappa shape index (κ1) is 13.2. The Labute approximate surface area is 95.5 Å². The molecule has 90 valence electrons. The molecule has 0 radical (unpaired) electrons. The van der Waals surface area contributed by atoms with Gasteiger partial charge in [0.05, 0.1) is 13.2 Å². The van der Waals surface area contributed by atoms with Crippen LogP contribution in [0.15, 0.2) is 0 Å². The molecule has 1 saturated heterocycles. The van der Waals surface area contributed by atoms with E-state index in [2.05, 4.69) is 47.7 Å². The fourth-order valence-electron chi connectivity index (χ4n) is 1.42. The molecule has 1 unspecified atom stereocenters. The highest BCUT2D eigenvalue weighted by Gasteiger charge is 2.47. The molecule has 1 fully saturated rings. The van der Waals surface area contributed by atoms with Crippen LogP contribution in [0.4, 0.5) is 0 Å².